The van der Waals surface area contributed by atoms with Gasteiger partial charge in [-0.2, -0.15) is 0 Å². The Morgan fingerprint density at radius 3 is 2.37 bits per heavy atom. The molecule has 0 bridgehead atoms. The van der Waals surface area contributed by atoms with Crippen molar-refractivity contribution in [2.75, 3.05) is 13.1 Å². The first-order valence-corrected chi connectivity index (χ1v) is 6.44. The Labute approximate surface area is 112 Å². The maximum Gasteiger partial charge on any atom is 0.123 e. The summed E-state index contributed by atoms with van der Waals surface area (Å²) in [5.41, 5.74) is 2.00. The molecule has 3 heteroatoms. The lowest BCUT2D eigenvalue weighted by Gasteiger charge is -2.12. The summed E-state index contributed by atoms with van der Waals surface area (Å²) in [6.45, 7) is 1.28. The largest absolute Gasteiger partial charge is 0.387 e. The van der Waals surface area contributed by atoms with E-state index in [9.17, 15) is 9.50 Å². The van der Waals surface area contributed by atoms with Gasteiger partial charge in [0.1, 0.15) is 5.82 Å². The molecule has 0 aliphatic heterocycles. The van der Waals surface area contributed by atoms with Crippen molar-refractivity contribution < 1.29 is 9.50 Å². The highest BCUT2D eigenvalue weighted by molar-refractivity contribution is 5.19. The van der Waals surface area contributed by atoms with Crippen LogP contribution >= 0.6 is 0 Å². The van der Waals surface area contributed by atoms with Crippen LogP contribution in [-0.4, -0.2) is 18.2 Å². The van der Waals surface area contributed by atoms with E-state index in [2.05, 4.69) is 17.4 Å². The molecule has 0 aromatic heterocycles. The first kappa shape index (κ1) is 13.7. The van der Waals surface area contributed by atoms with E-state index < -0.39 is 6.10 Å². The number of rotatable bonds is 6. The summed E-state index contributed by atoms with van der Waals surface area (Å²) >= 11 is 0. The van der Waals surface area contributed by atoms with E-state index >= 15 is 0 Å². The zero-order chi connectivity index (χ0) is 13.5. The number of hydrogen-bond donors (Lipinski definition) is 2. The van der Waals surface area contributed by atoms with E-state index in [1.807, 2.05) is 18.2 Å². The van der Waals surface area contributed by atoms with E-state index in [0.717, 1.165) is 18.5 Å². The van der Waals surface area contributed by atoms with Crippen molar-refractivity contribution in [1.29, 1.82) is 0 Å². The molecule has 2 N–H and O–H groups in total. The Morgan fingerprint density at radius 1 is 1.00 bits per heavy atom. The molecule has 0 radical (unpaired) electrons. The van der Waals surface area contributed by atoms with Crippen LogP contribution in [0.1, 0.15) is 17.2 Å². The Hall–Kier alpha value is -1.71. The SMILES string of the molecule is O[C@@H](CNCCc1ccccc1)c1ccc(F)cc1. The number of benzene rings is 2. The fraction of sp³-hybridized carbons (Fsp3) is 0.250. The zero-order valence-corrected chi connectivity index (χ0v) is 10.7. The molecule has 2 nitrogen and oxygen atoms in total. The predicted molar refractivity (Wildman–Crippen MR) is 74.4 cm³/mol. The molecule has 2 aromatic carbocycles. The summed E-state index contributed by atoms with van der Waals surface area (Å²) in [6, 6.07) is 16.1. The van der Waals surface area contributed by atoms with Gasteiger partial charge in [-0.15, -0.1) is 0 Å². The zero-order valence-electron chi connectivity index (χ0n) is 10.7. The number of aliphatic hydroxyl groups excluding tert-OH is 1. The Bertz CT molecular complexity index is 484. The fourth-order valence-electron chi connectivity index (χ4n) is 1.92. The van der Waals surface area contributed by atoms with Crippen LogP contribution in [0.15, 0.2) is 54.6 Å². The van der Waals surface area contributed by atoms with Crippen molar-refractivity contribution in [2.24, 2.45) is 0 Å². The Balaban J connectivity index is 1.72. The summed E-state index contributed by atoms with van der Waals surface area (Å²) in [4.78, 5) is 0. The van der Waals surface area contributed by atoms with E-state index in [1.165, 1.54) is 17.7 Å². The molecule has 0 aliphatic carbocycles. The molecule has 0 saturated heterocycles. The maximum atomic E-state index is 12.7. The van der Waals surface area contributed by atoms with Crippen LogP contribution in [0.2, 0.25) is 0 Å². The Morgan fingerprint density at radius 2 is 1.68 bits per heavy atom. The van der Waals surface area contributed by atoms with E-state index in [4.69, 9.17) is 0 Å². The first-order valence-electron chi connectivity index (χ1n) is 6.44. The molecule has 19 heavy (non-hydrogen) atoms. The molecule has 1 atom stereocenters. The highest BCUT2D eigenvalue weighted by Crippen LogP contribution is 2.12. The third-order valence-corrected chi connectivity index (χ3v) is 3.03. The van der Waals surface area contributed by atoms with Gasteiger partial charge in [0, 0.05) is 6.54 Å². The summed E-state index contributed by atoms with van der Waals surface area (Å²) in [7, 11) is 0. The second-order valence-electron chi connectivity index (χ2n) is 4.51. The average Bonchev–Trinajstić information content (AvgIpc) is 2.45. The van der Waals surface area contributed by atoms with E-state index in [1.54, 1.807) is 12.1 Å². The van der Waals surface area contributed by atoms with Gasteiger partial charge in [0.05, 0.1) is 6.10 Å². The quantitative estimate of drug-likeness (QED) is 0.782. The van der Waals surface area contributed by atoms with Crippen LogP contribution in [-0.2, 0) is 6.42 Å². The standard InChI is InChI=1S/C16H18FNO/c17-15-8-6-14(7-9-15)16(19)12-18-11-10-13-4-2-1-3-5-13/h1-9,16,18-19H,10-12H2/t16-/m0/s1. The smallest absolute Gasteiger partial charge is 0.123 e. The minimum absolute atomic E-state index is 0.284. The van der Waals surface area contributed by atoms with E-state index in [0.29, 0.717) is 6.54 Å². The van der Waals surface area contributed by atoms with Crippen LogP contribution < -0.4 is 5.32 Å². The minimum atomic E-state index is -0.601. The molecule has 0 fully saturated rings. The lowest BCUT2D eigenvalue weighted by molar-refractivity contribution is 0.175. The van der Waals surface area contributed by atoms with Crippen LogP contribution in [0.5, 0.6) is 0 Å². The normalized spacial score (nSPS) is 12.3. The van der Waals surface area contributed by atoms with Crippen LogP contribution in [0.3, 0.4) is 0 Å². The van der Waals surface area contributed by atoms with Gasteiger partial charge in [0.2, 0.25) is 0 Å². The van der Waals surface area contributed by atoms with Gasteiger partial charge in [-0.25, -0.2) is 4.39 Å². The number of halogens is 1. The fourth-order valence-corrected chi connectivity index (χ4v) is 1.92. The van der Waals surface area contributed by atoms with Gasteiger partial charge >= 0.3 is 0 Å². The van der Waals surface area contributed by atoms with Crippen molar-refractivity contribution in [3.05, 3.63) is 71.5 Å². The third-order valence-electron chi connectivity index (χ3n) is 3.03. The maximum absolute atomic E-state index is 12.7. The summed E-state index contributed by atoms with van der Waals surface area (Å²) < 4.78 is 12.7. The molecule has 100 valence electrons. The molecule has 2 rings (SSSR count). The molecule has 0 spiro atoms. The first-order chi connectivity index (χ1) is 9.25. The van der Waals surface area contributed by atoms with Gasteiger partial charge in [0.25, 0.3) is 0 Å². The van der Waals surface area contributed by atoms with E-state index in [-0.39, 0.29) is 5.82 Å². The molecular formula is C16H18FNO. The average molecular weight is 259 g/mol. The molecule has 0 heterocycles. The topological polar surface area (TPSA) is 32.3 Å². The van der Waals surface area contributed by atoms with Crippen molar-refractivity contribution in [3.63, 3.8) is 0 Å². The van der Waals surface area contributed by atoms with Crippen LogP contribution in [0.25, 0.3) is 0 Å². The van der Waals surface area contributed by atoms with Crippen molar-refractivity contribution >= 4 is 0 Å². The molecular weight excluding hydrogens is 241 g/mol. The summed E-state index contributed by atoms with van der Waals surface area (Å²) in [5.74, 6) is -0.284. The van der Waals surface area contributed by atoms with Crippen LogP contribution in [0.4, 0.5) is 4.39 Å². The van der Waals surface area contributed by atoms with Gasteiger partial charge in [0.15, 0.2) is 0 Å². The monoisotopic (exact) mass is 259 g/mol. The third kappa shape index (κ3) is 4.47. The number of hydrogen-bond acceptors (Lipinski definition) is 2. The number of aliphatic hydroxyl groups is 1. The van der Waals surface area contributed by atoms with Gasteiger partial charge in [-0.3, -0.25) is 0 Å². The lowest BCUT2D eigenvalue weighted by atomic mass is 10.1. The molecule has 0 amide bonds. The van der Waals surface area contributed by atoms with Gasteiger partial charge in [-0.05, 0) is 36.2 Å². The molecule has 2 aromatic rings. The summed E-state index contributed by atoms with van der Waals surface area (Å²) in [5, 5.41) is 13.1. The second-order valence-corrected chi connectivity index (χ2v) is 4.51. The highest BCUT2D eigenvalue weighted by atomic mass is 19.1. The summed E-state index contributed by atoms with van der Waals surface area (Å²) in [6.07, 6.45) is 0.327. The highest BCUT2D eigenvalue weighted by Gasteiger charge is 2.06. The van der Waals surface area contributed by atoms with Crippen molar-refractivity contribution in [1.82, 2.24) is 5.32 Å². The molecule has 0 saturated carbocycles. The Kier molecular flexibility index (Phi) is 5.07. The molecule has 0 unspecified atom stereocenters. The minimum Gasteiger partial charge on any atom is -0.387 e. The lowest BCUT2D eigenvalue weighted by Crippen LogP contribution is -2.23. The van der Waals surface area contributed by atoms with Crippen molar-refractivity contribution in [3.8, 4) is 0 Å². The number of nitrogens with one attached hydrogen (secondary N) is 1. The second kappa shape index (κ2) is 7.02. The molecule has 0 aliphatic rings. The van der Waals surface area contributed by atoms with Crippen LogP contribution in [0, 0.1) is 5.82 Å². The van der Waals surface area contributed by atoms with Gasteiger partial charge in [-0.1, -0.05) is 42.5 Å². The van der Waals surface area contributed by atoms with Crippen molar-refractivity contribution in [2.45, 2.75) is 12.5 Å². The predicted octanol–water partition coefficient (Wildman–Crippen LogP) is 2.69. The van der Waals surface area contributed by atoms with Gasteiger partial charge < -0.3 is 10.4 Å².